The molecular weight excluding hydrogens is 380 g/mol. The smallest absolute Gasteiger partial charge is 0.232 e. The molecule has 1 saturated heterocycles. The molecule has 1 heterocycles. The van der Waals surface area contributed by atoms with Crippen LogP contribution in [0.25, 0.3) is 0 Å². The van der Waals surface area contributed by atoms with Gasteiger partial charge in [0.1, 0.15) is 0 Å². The van der Waals surface area contributed by atoms with E-state index in [0.29, 0.717) is 6.54 Å². The normalized spacial score (nSPS) is 19.1. The van der Waals surface area contributed by atoms with Gasteiger partial charge in [0.25, 0.3) is 0 Å². The van der Waals surface area contributed by atoms with Crippen LogP contribution in [0.4, 0.5) is 11.4 Å². The Hall–Kier alpha value is -0.790. The molecule has 1 unspecified atom stereocenters. The molecular formula is C13H16BrClN2O3S. The molecule has 1 aliphatic rings. The molecule has 1 amide bonds. The van der Waals surface area contributed by atoms with Crippen LogP contribution in [0.2, 0.25) is 0 Å². The third-order valence-electron chi connectivity index (χ3n) is 3.35. The summed E-state index contributed by atoms with van der Waals surface area (Å²) in [6, 6.07) is 5.68. The molecule has 8 heteroatoms. The topological polar surface area (TPSA) is 57.7 Å². The number of nitrogens with zero attached hydrogens (tertiary/aromatic N) is 2. The summed E-state index contributed by atoms with van der Waals surface area (Å²) in [6.45, 7) is 0.363. The third-order valence-corrected chi connectivity index (χ3v) is 5.09. The van der Waals surface area contributed by atoms with Crippen LogP contribution in [0.15, 0.2) is 22.7 Å². The minimum atomic E-state index is -3.60. The van der Waals surface area contributed by atoms with Crippen molar-refractivity contribution in [1.82, 2.24) is 0 Å². The Morgan fingerprint density at radius 1 is 1.43 bits per heavy atom. The molecule has 1 fully saturated rings. The zero-order chi connectivity index (χ0) is 15.8. The summed E-state index contributed by atoms with van der Waals surface area (Å²) in [5, 5.41) is 0. The largest absolute Gasteiger partial charge is 0.376 e. The van der Waals surface area contributed by atoms with Gasteiger partial charge in [-0.25, -0.2) is 8.42 Å². The lowest BCUT2D eigenvalue weighted by Crippen LogP contribution is -2.27. The molecule has 2 rings (SSSR count). The Kier molecular flexibility index (Phi) is 4.85. The summed E-state index contributed by atoms with van der Waals surface area (Å²) in [6.07, 6.45) is 0.200. The van der Waals surface area contributed by atoms with Gasteiger partial charge >= 0.3 is 0 Å². The molecule has 1 atom stereocenters. The Balaban J connectivity index is 2.30. The van der Waals surface area contributed by atoms with Crippen molar-refractivity contribution in [2.45, 2.75) is 6.42 Å². The Labute approximate surface area is 137 Å². The highest BCUT2D eigenvalue weighted by atomic mass is 79.9. The van der Waals surface area contributed by atoms with Crippen LogP contribution < -0.4 is 9.80 Å². The SMILES string of the molecule is CN(C)c1ccc(Br)cc1N1CC(CS(=O)(=O)Cl)CC1=O. The first kappa shape index (κ1) is 16.6. The van der Waals surface area contributed by atoms with E-state index in [9.17, 15) is 13.2 Å². The molecule has 0 spiro atoms. The Morgan fingerprint density at radius 3 is 2.67 bits per heavy atom. The molecule has 0 aliphatic carbocycles. The van der Waals surface area contributed by atoms with Crippen molar-refractivity contribution in [3.8, 4) is 0 Å². The van der Waals surface area contributed by atoms with Crippen molar-refractivity contribution in [3.63, 3.8) is 0 Å². The van der Waals surface area contributed by atoms with Crippen LogP contribution in [0.5, 0.6) is 0 Å². The maximum absolute atomic E-state index is 12.2. The van der Waals surface area contributed by atoms with Crippen LogP contribution in [0, 0.1) is 5.92 Å². The van der Waals surface area contributed by atoms with E-state index >= 15 is 0 Å². The van der Waals surface area contributed by atoms with E-state index in [-0.39, 0.29) is 24.0 Å². The fraction of sp³-hybridized carbons (Fsp3) is 0.462. The number of amides is 1. The van der Waals surface area contributed by atoms with Gasteiger partial charge in [-0.1, -0.05) is 15.9 Å². The number of rotatable bonds is 4. The predicted molar refractivity (Wildman–Crippen MR) is 88.6 cm³/mol. The Morgan fingerprint density at radius 2 is 2.10 bits per heavy atom. The summed E-state index contributed by atoms with van der Waals surface area (Å²) in [5.41, 5.74) is 1.68. The van der Waals surface area contributed by atoms with Gasteiger partial charge in [-0.15, -0.1) is 0 Å². The first-order valence-electron chi connectivity index (χ1n) is 6.37. The standard InChI is InChI=1S/C13H16BrClN2O3S/c1-16(2)11-4-3-10(14)6-12(11)17-7-9(5-13(17)18)8-21(15,19)20/h3-4,6,9H,5,7-8H2,1-2H3. The van der Waals surface area contributed by atoms with Gasteiger partial charge in [-0.2, -0.15) is 0 Å². The monoisotopic (exact) mass is 394 g/mol. The average molecular weight is 396 g/mol. The highest BCUT2D eigenvalue weighted by Crippen LogP contribution is 2.35. The number of anilines is 2. The first-order chi connectivity index (χ1) is 9.67. The molecule has 116 valence electrons. The lowest BCUT2D eigenvalue weighted by atomic mass is 10.1. The molecule has 1 aliphatic heterocycles. The van der Waals surface area contributed by atoms with E-state index in [1.807, 2.05) is 37.2 Å². The van der Waals surface area contributed by atoms with Crippen molar-refractivity contribution in [1.29, 1.82) is 0 Å². The molecule has 1 aromatic rings. The first-order valence-corrected chi connectivity index (χ1v) is 9.64. The van der Waals surface area contributed by atoms with Gasteiger partial charge in [-0.3, -0.25) is 4.79 Å². The zero-order valence-corrected chi connectivity index (χ0v) is 14.9. The van der Waals surface area contributed by atoms with Gasteiger partial charge in [0.05, 0.1) is 17.1 Å². The minimum Gasteiger partial charge on any atom is -0.376 e. The summed E-state index contributed by atoms with van der Waals surface area (Å²) in [7, 11) is 5.48. The minimum absolute atomic E-state index is 0.0819. The van der Waals surface area contributed by atoms with Crippen molar-refractivity contribution < 1.29 is 13.2 Å². The fourth-order valence-electron chi connectivity index (χ4n) is 2.50. The lowest BCUT2D eigenvalue weighted by molar-refractivity contribution is -0.117. The molecule has 0 saturated carbocycles. The van der Waals surface area contributed by atoms with Crippen LogP contribution in [0.3, 0.4) is 0 Å². The van der Waals surface area contributed by atoms with Crippen molar-refractivity contribution >= 4 is 52.9 Å². The summed E-state index contributed by atoms with van der Waals surface area (Å²) in [4.78, 5) is 15.8. The number of carbonyl (C=O) groups is 1. The highest BCUT2D eigenvalue weighted by molar-refractivity contribution is 9.10. The van der Waals surface area contributed by atoms with Gasteiger partial charge < -0.3 is 9.80 Å². The second-order valence-electron chi connectivity index (χ2n) is 5.31. The molecule has 1 aromatic carbocycles. The summed E-state index contributed by atoms with van der Waals surface area (Å²) < 4.78 is 23.2. The van der Waals surface area contributed by atoms with Crippen molar-refractivity contribution in [3.05, 3.63) is 22.7 Å². The number of hydrogen-bond donors (Lipinski definition) is 0. The van der Waals surface area contributed by atoms with E-state index in [2.05, 4.69) is 15.9 Å². The highest BCUT2D eigenvalue weighted by Gasteiger charge is 2.34. The fourth-order valence-corrected chi connectivity index (χ4v) is 4.17. The van der Waals surface area contributed by atoms with E-state index < -0.39 is 9.05 Å². The van der Waals surface area contributed by atoms with Crippen LogP contribution in [-0.2, 0) is 13.8 Å². The second kappa shape index (κ2) is 6.14. The van der Waals surface area contributed by atoms with Crippen LogP contribution in [0.1, 0.15) is 6.42 Å². The van der Waals surface area contributed by atoms with Crippen molar-refractivity contribution in [2.24, 2.45) is 5.92 Å². The number of benzene rings is 1. The lowest BCUT2D eigenvalue weighted by Gasteiger charge is -2.24. The number of carbonyl (C=O) groups excluding carboxylic acids is 1. The van der Waals surface area contributed by atoms with E-state index in [1.165, 1.54) is 0 Å². The van der Waals surface area contributed by atoms with E-state index in [1.54, 1.807) is 4.90 Å². The molecule has 0 bridgehead atoms. The molecule has 0 aromatic heterocycles. The number of halogens is 2. The van der Waals surface area contributed by atoms with Crippen LogP contribution in [-0.4, -0.2) is 40.7 Å². The maximum atomic E-state index is 12.2. The second-order valence-corrected chi connectivity index (χ2v) is 9.04. The van der Waals surface area contributed by atoms with Gasteiger partial charge in [0, 0.05) is 48.1 Å². The van der Waals surface area contributed by atoms with E-state index in [4.69, 9.17) is 10.7 Å². The van der Waals surface area contributed by atoms with Gasteiger partial charge in [0.15, 0.2) is 0 Å². The van der Waals surface area contributed by atoms with Gasteiger partial charge in [-0.05, 0) is 18.2 Å². The quantitative estimate of drug-likeness (QED) is 0.735. The van der Waals surface area contributed by atoms with Gasteiger partial charge in [0.2, 0.25) is 15.0 Å². The van der Waals surface area contributed by atoms with Crippen molar-refractivity contribution in [2.75, 3.05) is 36.2 Å². The molecule has 0 radical (unpaired) electrons. The Bertz CT molecular complexity index is 663. The zero-order valence-electron chi connectivity index (χ0n) is 11.7. The molecule has 5 nitrogen and oxygen atoms in total. The molecule has 21 heavy (non-hydrogen) atoms. The maximum Gasteiger partial charge on any atom is 0.232 e. The third kappa shape index (κ3) is 4.11. The predicted octanol–water partition coefficient (Wildman–Crippen LogP) is 2.44. The summed E-state index contributed by atoms with van der Waals surface area (Å²) in [5.74, 6) is -0.530. The van der Waals surface area contributed by atoms with Crippen LogP contribution >= 0.6 is 26.6 Å². The average Bonchev–Trinajstić information content (AvgIpc) is 2.66. The number of hydrogen-bond acceptors (Lipinski definition) is 4. The van der Waals surface area contributed by atoms with E-state index in [0.717, 1.165) is 15.8 Å². The summed E-state index contributed by atoms with van der Waals surface area (Å²) >= 11 is 3.40. The molecule has 0 N–H and O–H groups in total.